The van der Waals surface area contributed by atoms with Crippen LogP contribution in [-0.4, -0.2) is 73.8 Å². The summed E-state index contributed by atoms with van der Waals surface area (Å²) in [5, 5.41) is 4.20. The number of nitrogens with zero attached hydrogens (tertiary/aromatic N) is 6. The molecular weight excluding hydrogens is 445 g/mol. The van der Waals surface area contributed by atoms with Gasteiger partial charge in [0.2, 0.25) is 17.8 Å². The highest BCUT2D eigenvalue weighted by atomic mass is 79.9. The summed E-state index contributed by atoms with van der Waals surface area (Å²) in [6.45, 7) is 5.44. The van der Waals surface area contributed by atoms with Crippen molar-refractivity contribution in [1.82, 2.24) is 15.0 Å². The highest BCUT2D eigenvalue weighted by molar-refractivity contribution is 9.10. The minimum Gasteiger partial charge on any atom is -0.378 e. The van der Waals surface area contributed by atoms with Crippen LogP contribution in [0.25, 0.3) is 0 Å². The van der Waals surface area contributed by atoms with E-state index in [-0.39, 0.29) is 5.82 Å². The molecule has 9 nitrogen and oxygen atoms in total. The Hall–Kier alpha value is -2.37. The van der Waals surface area contributed by atoms with Gasteiger partial charge in [-0.3, -0.25) is 0 Å². The van der Waals surface area contributed by atoms with Gasteiger partial charge >= 0.3 is 0 Å². The van der Waals surface area contributed by atoms with Crippen LogP contribution in [0.4, 0.5) is 22.2 Å². The van der Waals surface area contributed by atoms with Crippen LogP contribution in [0.15, 0.2) is 27.8 Å². The van der Waals surface area contributed by atoms with E-state index in [1.54, 1.807) is 18.3 Å². The van der Waals surface area contributed by atoms with E-state index in [2.05, 4.69) is 51.2 Å². The molecule has 3 heterocycles. The second-order valence-electron chi connectivity index (χ2n) is 6.50. The molecule has 154 valence electrons. The van der Waals surface area contributed by atoms with Crippen molar-refractivity contribution in [2.75, 3.05) is 67.8 Å². The van der Waals surface area contributed by atoms with Gasteiger partial charge < -0.3 is 19.3 Å². The van der Waals surface area contributed by atoms with Crippen LogP contribution in [0.2, 0.25) is 0 Å². The molecule has 1 aromatic heterocycles. The summed E-state index contributed by atoms with van der Waals surface area (Å²) in [6.07, 6.45) is 1.58. The monoisotopic (exact) mass is 465 g/mol. The Morgan fingerprint density at radius 1 is 0.966 bits per heavy atom. The van der Waals surface area contributed by atoms with E-state index in [4.69, 9.17) is 9.47 Å². The van der Waals surface area contributed by atoms with Crippen LogP contribution in [0, 0.1) is 5.82 Å². The molecule has 29 heavy (non-hydrogen) atoms. The topological polar surface area (TPSA) is 88.0 Å². The lowest BCUT2D eigenvalue weighted by Crippen LogP contribution is -2.40. The van der Waals surface area contributed by atoms with Crippen LogP contribution in [0.1, 0.15) is 5.56 Å². The van der Waals surface area contributed by atoms with Crippen molar-refractivity contribution in [2.45, 2.75) is 0 Å². The highest BCUT2D eigenvalue weighted by Gasteiger charge is 2.20. The SMILES string of the molecule is Fc1ccc(/C=N/Nc2nc(N3CCOCC3)nc(N3CCOCC3)n2)cc1Br. The zero-order valence-corrected chi connectivity index (χ0v) is 17.3. The van der Waals surface area contributed by atoms with Gasteiger partial charge in [-0.2, -0.15) is 20.1 Å². The van der Waals surface area contributed by atoms with E-state index in [0.29, 0.717) is 48.7 Å². The predicted octanol–water partition coefficient (Wildman–Crippen LogP) is 1.89. The van der Waals surface area contributed by atoms with Crippen LogP contribution in [-0.2, 0) is 9.47 Å². The van der Waals surface area contributed by atoms with Crippen molar-refractivity contribution >= 4 is 40.0 Å². The second-order valence-corrected chi connectivity index (χ2v) is 7.36. The molecule has 2 saturated heterocycles. The number of ether oxygens (including phenoxy) is 2. The van der Waals surface area contributed by atoms with Gasteiger partial charge in [0, 0.05) is 26.2 Å². The Bertz CT molecular complexity index is 837. The molecule has 0 saturated carbocycles. The maximum Gasteiger partial charge on any atom is 0.250 e. The van der Waals surface area contributed by atoms with E-state index in [0.717, 1.165) is 31.7 Å². The molecule has 1 N–H and O–H groups in total. The lowest BCUT2D eigenvalue weighted by molar-refractivity contribution is 0.121. The van der Waals surface area contributed by atoms with Gasteiger partial charge in [0.15, 0.2) is 0 Å². The molecule has 0 bridgehead atoms. The molecule has 2 aliphatic rings. The molecular formula is C18H21BrFN7O2. The summed E-state index contributed by atoms with van der Waals surface area (Å²) in [7, 11) is 0. The summed E-state index contributed by atoms with van der Waals surface area (Å²) in [5.41, 5.74) is 3.61. The molecule has 2 fully saturated rings. The smallest absolute Gasteiger partial charge is 0.250 e. The Balaban J connectivity index is 1.55. The second kappa shape index (κ2) is 9.42. The van der Waals surface area contributed by atoms with E-state index < -0.39 is 0 Å². The van der Waals surface area contributed by atoms with Crippen molar-refractivity contribution in [3.8, 4) is 0 Å². The van der Waals surface area contributed by atoms with Crippen molar-refractivity contribution in [2.24, 2.45) is 5.10 Å². The lowest BCUT2D eigenvalue weighted by atomic mass is 10.2. The minimum atomic E-state index is -0.321. The Morgan fingerprint density at radius 3 is 2.10 bits per heavy atom. The number of hydrogen-bond acceptors (Lipinski definition) is 9. The van der Waals surface area contributed by atoms with Gasteiger partial charge in [0.1, 0.15) is 5.82 Å². The van der Waals surface area contributed by atoms with Crippen molar-refractivity contribution in [3.05, 3.63) is 34.1 Å². The van der Waals surface area contributed by atoms with Crippen LogP contribution < -0.4 is 15.2 Å². The van der Waals surface area contributed by atoms with Gasteiger partial charge in [-0.15, -0.1) is 0 Å². The number of anilines is 3. The third kappa shape index (κ3) is 5.17. The van der Waals surface area contributed by atoms with Gasteiger partial charge in [-0.05, 0) is 33.6 Å². The average Bonchev–Trinajstić information content (AvgIpc) is 2.77. The number of aromatic nitrogens is 3. The quantitative estimate of drug-likeness (QED) is 0.528. The third-order valence-electron chi connectivity index (χ3n) is 4.52. The summed E-state index contributed by atoms with van der Waals surface area (Å²) in [4.78, 5) is 17.8. The molecule has 11 heteroatoms. The number of hydrogen-bond donors (Lipinski definition) is 1. The van der Waals surface area contributed by atoms with Gasteiger partial charge in [-0.1, -0.05) is 6.07 Å². The van der Waals surface area contributed by atoms with E-state index in [1.807, 2.05) is 0 Å². The Morgan fingerprint density at radius 2 is 1.55 bits per heavy atom. The molecule has 2 aliphatic heterocycles. The van der Waals surface area contributed by atoms with E-state index in [9.17, 15) is 4.39 Å². The summed E-state index contributed by atoms with van der Waals surface area (Å²) in [5.74, 6) is 1.21. The first-order valence-corrected chi connectivity index (χ1v) is 10.1. The number of morpholine rings is 2. The third-order valence-corrected chi connectivity index (χ3v) is 5.13. The first-order chi connectivity index (χ1) is 14.2. The molecule has 1 aromatic carbocycles. The first-order valence-electron chi connectivity index (χ1n) is 9.34. The fourth-order valence-corrected chi connectivity index (χ4v) is 3.37. The van der Waals surface area contributed by atoms with Crippen LogP contribution >= 0.6 is 15.9 Å². The van der Waals surface area contributed by atoms with Crippen molar-refractivity contribution < 1.29 is 13.9 Å². The van der Waals surface area contributed by atoms with Gasteiger partial charge in [-0.25, -0.2) is 9.82 Å². The predicted molar refractivity (Wildman–Crippen MR) is 111 cm³/mol. The molecule has 4 rings (SSSR count). The highest BCUT2D eigenvalue weighted by Crippen LogP contribution is 2.19. The fraction of sp³-hybridized carbons (Fsp3) is 0.444. The fourth-order valence-electron chi connectivity index (χ4n) is 2.97. The van der Waals surface area contributed by atoms with Crippen molar-refractivity contribution in [1.29, 1.82) is 0 Å². The van der Waals surface area contributed by atoms with Gasteiger partial charge in [0.25, 0.3) is 0 Å². The zero-order chi connectivity index (χ0) is 20.1. The zero-order valence-electron chi connectivity index (χ0n) is 15.7. The van der Waals surface area contributed by atoms with Crippen LogP contribution in [0.3, 0.4) is 0 Å². The normalized spacial score (nSPS) is 17.7. The molecule has 0 radical (unpaired) electrons. The Kier molecular flexibility index (Phi) is 6.47. The molecule has 0 spiro atoms. The minimum absolute atomic E-state index is 0.321. The number of nitrogens with one attached hydrogen (secondary N) is 1. The number of benzene rings is 1. The maximum atomic E-state index is 13.4. The van der Waals surface area contributed by atoms with E-state index in [1.165, 1.54) is 6.07 Å². The molecule has 0 atom stereocenters. The number of rotatable bonds is 5. The summed E-state index contributed by atoms with van der Waals surface area (Å²) in [6, 6.07) is 4.66. The lowest BCUT2D eigenvalue weighted by Gasteiger charge is -2.30. The molecule has 0 unspecified atom stereocenters. The molecule has 0 amide bonds. The van der Waals surface area contributed by atoms with Crippen LogP contribution in [0.5, 0.6) is 0 Å². The van der Waals surface area contributed by atoms with Gasteiger partial charge in [0.05, 0.1) is 37.1 Å². The molecule has 2 aromatic rings. The van der Waals surface area contributed by atoms with E-state index >= 15 is 0 Å². The number of halogens is 2. The number of hydrazone groups is 1. The Labute approximate surface area is 176 Å². The van der Waals surface area contributed by atoms with Crippen molar-refractivity contribution in [3.63, 3.8) is 0 Å². The largest absolute Gasteiger partial charge is 0.378 e. The first kappa shape index (κ1) is 19.9. The summed E-state index contributed by atoms with van der Waals surface area (Å²) >= 11 is 3.17. The maximum absolute atomic E-state index is 13.4. The molecule has 0 aliphatic carbocycles. The summed E-state index contributed by atoms with van der Waals surface area (Å²) < 4.78 is 24.6. The average molecular weight is 466 g/mol. The standard InChI is InChI=1S/C18H21BrFN7O2/c19-14-11-13(1-2-15(14)20)12-21-25-16-22-17(26-3-7-28-8-4-26)24-18(23-16)27-5-9-29-10-6-27/h1-2,11-12H,3-10H2,(H,22,23,24,25)/b21-12+.